The lowest BCUT2D eigenvalue weighted by Gasteiger charge is -2.40. The molecule has 0 bridgehead atoms. The fraction of sp³-hybridized carbons (Fsp3) is 0.412. The van der Waals surface area contributed by atoms with E-state index in [4.69, 9.17) is 16.1 Å². The molecule has 1 heterocycles. The van der Waals surface area contributed by atoms with Gasteiger partial charge in [0.15, 0.2) is 0 Å². The Labute approximate surface area is 134 Å². The van der Waals surface area contributed by atoms with Gasteiger partial charge in [-0.2, -0.15) is 0 Å². The minimum absolute atomic E-state index is 0.0452. The van der Waals surface area contributed by atoms with Crippen molar-refractivity contribution in [1.82, 2.24) is 5.16 Å². The molecule has 0 amide bonds. The highest BCUT2D eigenvalue weighted by atomic mass is 35.5. The van der Waals surface area contributed by atoms with Crippen LogP contribution in [0.3, 0.4) is 0 Å². The predicted molar refractivity (Wildman–Crippen MR) is 83.0 cm³/mol. The second-order valence-corrected chi connectivity index (χ2v) is 6.69. The summed E-state index contributed by atoms with van der Waals surface area (Å²) >= 11 is 5.97. The Morgan fingerprint density at radius 1 is 1.41 bits per heavy atom. The first-order valence-electron chi connectivity index (χ1n) is 7.24. The highest BCUT2D eigenvalue weighted by Gasteiger charge is 2.49. The number of benzene rings is 1. The largest absolute Gasteiger partial charge is 0.389 e. The number of carbonyl (C=O) groups excluding carboxylic acids is 1. The van der Waals surface area contributed by atoms with Crippen LogP contribution in [0.15, 0.2) is 28.8 Å². The second-order valence-electron chi connectivity index (χ2n) is 6.25. The molecule has 5 heteroatoms. The van der Waals surface area contributed by atoms with Crippen molar-refractivity contribution in [1.29, 1.82) is 0 Å². The fourth-order valence-corrected chi connectivity index (χ4v) is 3.75. The molecule has 1 aromatic carbocycles. The third kappa shape index (κ3) is 2.36. The van der Waals surface area contributed by atoms with Crippen molar-refractivity contribution in [2.45, 2.75) is 38.7 Å². The van der Waals surface area contributed by atoms with Gasteiger partial charge in [0, 0.05) is 22.9 Å². The number of fused-ring (bicyclic) bond motifs is 1. The summed E-state index contributed by atoms with van der Waals surface area (Å²) in [4.78, 5) is 12.3. The third-order valence-electron chi connectivity index (χ3n) is 4.49. The van der Waals surface area contributed by atoms with Gasteiger partial charge in [-0.25, -0.2) is 0 Å². The quantitative estimate of drug-likeness (QED) is 0.922. The van der Waals surface area contributed by atoms with Gasteiger partial charge in [-0.05, 0) is 38.5 Å². The van der Waals surface area contributed by atoms with Crippen molar-refractivity contribution in [2.75, 3.05) is 0 Å². The number of Topliss-reactive ketones (excluding diaryl/α,β-unsaturated/α-hetero) is 1. The number of hydrogen-bond acceptors (Lipinski definition) is 4. The molecule has 0 saturated heterocycles. The Kier molecular flexibility index (Phi) is 3.62. The Morgan fingerprint density at radius 3 is 2.64 bits per heavy atom. The van der Waals surface area contributed by atoms with E-state index in [0.717, 1.165) is 16.8 Å². The van der Waals surface area contributed by atoms with Crippen LogP contribution < -0.4 is 0 Å². The maximum Gasteiger partial charge on any atom is 0.137 e. The van der Waals surface area contributed by atoms with Crippen LogP contribution >= 0.6 is 11.6 Å². The van der Waals surface area contributed by atoms with E-state index in [-0.39, 0.29) is 11.7 Å². The van der Waals surface area contributed by atoms with Crippen LogP contribution in [0.5, 0.6) is 0 Å². The zero-order chi connectivity index (χ0) is 16.1. The molecule has 116 valence electrons. The van der Waals surface area contributed by atoms with Gasteiger partial charge in [-0.3, -0.25) is 4.79 Å². The first kappa shape index (κ1) is 15.3. The van der Waals surface area contributed by atoms with Crippen LogP contribution in [-0.2, 0) is 11.2 Å². The van der Waals surface area contributed by atoms with E-state index in [1.54, 1.807) is 19.1 Å². The average Bonchev–Trinajstić information content (AvgIpc) is 2.77. The predicted octanol–water partition coefficient (Wildman–Crippen LogP) is 3.28. The molecule has 0 aliphatic heterocycles. The van der Waals surface area contributed by atoms with E-state index in [0.29, 0.717) is 17.2 Å². The summed E-state index contributed by atoms with van der Waals surface area (Å²) < 4.78 is 5.32. The van der Waals surface area contributed by atoms with Crippen molar-refractivity contribution < 1.29 is 14.4 Å². The molecule has 1 N–H and O–H groups in total. The van der Waals surface area contributed by atoms with E-state index < -0.39 is 11.5 Å². The minimum Gasteiger partial charge on any atom is -0.389 e. The SMILES string of the molecule is CC(=O)[C@@H]1[C@H](c2ccc(Cl)cc2)c2c(noc2C)C[C@]1(C)O. The number of aryl methyl sites for hydroxylation is 1. The number of halogens is 1. The fourth-order valence-electron chi connectivity index (χ4n) is 3.63. The summed E-state index contributed by atoms with van der Waals surface area (Å²) in [6, 6.07) is 7.36. The van der Waals surface area contributed by atoms with E-state index >= 15 is 0 Å². The van der Waals surface area contributed by atoms with Gasteiger partial charge in [0.1, 0.15) is 11.5 Å². The van der Waals surface area contributed by atoms with Crippen molar-refractivity contribution in [3.63, 3.8) is 0 Å². The molecule has 22 heavy (non-hydrogen) atoms. The topological polar surface area (TPSA) is 63.3 Å². The second kappa shape index (κ2) is 5.21. The van der Waals surface area contributed by atoms with Crippen LogP contribution in [-0.4, -0.2) is 21.6 Å². The number of aliphatic hydroxyl groups is 1. The Morgan fingerprint density at radius 2 is 2.05 bits per heavy atom. The Bertz CT molecular complexity index is 718. The summed E-state index contributed by atoms with van der Waals surface area (Å²) in [6.45, 7) is 5.05. The van der Waals surface area contributed by atoms with E-state index in [9.17, 15) is 9.90 Å². The summed E-state index contributed by atoms with van der Waals surface area (Å²) in [5.41, 5.74) is 1.40. The Balaban J connectivity index is 2.23. The molecular formula is C17H18ClNO3. The van der Waals surface area contributed by atoms with Gasteiger partial charge in [-0.15, -0.1) is 0 Å². The standard InChI is InChI=1S/C17H18ClNO3/c1-9(20)16-15(11-4-6-12(18)7-5-11)14-10(2)22-19-13(14)8-17(16,3)21/h4-7,15-16,21H,8H2,1-3H3/t15-,16-,17+/m1/s1. The molecule has 0 saturated carbocycles. The maximum atomic E-state index is 12.3. The van der Waals surface area contributed by atoms with Gasteiger partial charge in [0.2, 0.25) is 0 Å². The minimum atomic E-state index is -1.16. The molecule has 0 spiro atoms. The number of nitrogens with zero attached hydrogens (tertiary/aromatic N) is 1. The zero-order valence-electron chi connectivity index (χ0n) is 12.8. The highest BCUT2D eigenvalue weighted by molar-refractivity contribution is 6.30. The molecule has 3 atom stereocenters. The lowest BCUT2D eigenvalue weighted by atomic mass is 9.64. The number of ketones is 1. The van der Waals surface area contributed by atoms with Gasteiger partial charge in [-0.1, -0.05) is 28.9 Å². The van der Waals surface area contributed by atoms with E-state index in [1.165, 1.54) is 6.92 Å². The summed E-state index contributed by atoms with van der Waals surface area (Å²) in [7, 11) is 0. The smallest absolute Gasteiger partial charge is 0.137 e. The summed E-state index contributed by atoms with van der Waals surface area (Å²) in [5, 5.41) is 15.5. The maximum absolute atomic E-state index is 12.3. The number of hydrogen-bond donors (Lipinski definition) is 1. The van der Waals surface area contributed by atoms with Crippen molar-refractivity contribution in [3.05, 3.63) is 51.9 Å². The molecular weight excluding hydrogens is 302 g/mol. The molecule has 1 aliphatic rings. The molecule has 0 radical (unpaired) electrons. The lowest BCUT2D eigenvalue weighted by molar-refractivity contribution is -0.130. The van der Waals surface area contributed by atoms with Crippen LogP contribution in [0.25, 0.3) is 0 Å². The monoisotopic (exact) mass is 319 g/mol. The molecule has 3 rings (SSSR count). The number of carbonyl (C=O) groups is 1. The first-order valence-corrected chi connectivity index (χ1v) is 7.62. The molecule has 0 unspecified atom stereocenters. The van der Waals surface area contributed by atoms with E-state index in [1.807, 2.05) is 19.1 Å². The van der Waals surface area contributed by atoms with Crippen LogP contribution in [0, 0.1) is 12.8 Å². The van der Waals surface area contributed by atoms with Crippen molar-refractivity contribution in [3.8, 4) is 0 Å². The summed E-state index contributed by atoms with van der Waals surface area (Å²) in [6.07, 6.45) is 0.314. The van der Waals surface area contributed by atoms with Crippen LogP contribution in [0.1, 0.15) is 42.3 Å². The van der Waals surface area contributed by atoms with Crippen molar-refractivity contribution in [2.24, 2.45) is 5.92 Å². The van der Waals surface area contributed by atoms with Gasteiger partial charge >= 0.3 is 0 Å². The highest BCUT2D eigenvalue weighted by Crippen LogP contribution is 2.47. The summed E-state index contributed by atoms with van der Waals surface area (Å²) in [5.74, 6) is -0.174. The number of rotatable bonds is 2. The molecule has 1 aromatic heterocycles. The molecule has 0 fully saturated rings. The van der Waals surface area contributed by atoms with Gasteiger partial charge < -0.3 is 9.63 Å². The zero-order valence-corrected chi connectivity index (χ0v) is 13.5. The molecule has 4 nitrogen and oxygen atoms in total. The van der Waals surface area contributed by atoms with Gasteiger partial charge in [0.05, 0.1) is 17.2 Å². The normalized spacial score (nSPS) is 27.5. The van der Waals surface area contributed by atoms with E-state index in [2.05, 4.69) is 5.16 Å². The lowest BCUT2D eigenvalue weighted by Crippen LogP contribution is -2.48. The molecule has 2 aromatic rings. The van der Waals surface area contributed by atoms with Gasteiger partial charge in [0.25, 0.3) is 0 Å². The number of aromatic nitrogens is 1. The van der Waals surface area contributed by atoms with Crippen LogP contribution in [0.4, 0.5) is 0 Å². The molecule has 1 aliphatic carbocycles. The third-order valence-corrected chi connectivity index (χ3v) is 4.74. The van der Waals surface area contributed by atoms with Crippen LogP contribution in [0.2, 0.25) is 5.02 Å². The average molecular weight is 320 g/mol. The van der Waals surface area contributed by atoms with Crippen molar-refractivity contribution >= 4 is 17.4 Å². The Hall–Kier alpha value is -1.65. The first-order chi connectivity index (χ1) is 10.3.